The molecule has 0 aromatic carbocycles. The minimum atomic E-state index is 0. The predicted octanol–water partition coefficient (Wildman–Crippen LogP) is 1.63. The Kier molecular flexibility index (Phi) is 6.50. The molecule has 0 bridgehead atoms. The highest BCUT2D eigenvalue weighted by molar-refractivity contribution is 7.07. The first kappa shape index (κ1) is 14.7. The van der Waals surface area contributed by atoms with Gasteiger partial charge in [-0.15, -0.1) is 5.10 Å². The van der Waals surface area contributed by atoms with Crippen LogP contribution < -0.4 is 9.48 Å². The number of methoxy groups -OCH3 is 1. The number of aryl methyl sites for hydroxylation is 2. The van der Waals surface area contributed by atoms with Crippen molar-refractivity contribution < 1.29 is 4.74 Å². The third-order valence-corrected chi connectivity index (χ3v) is 2.90. The fourth-order valence-corrected chi connectivity index (χ4v) is 1.61. The van der Waals surface area contributed by atoms with Crippen molar-refractivity contribution >= 4 is 23.1 Å². The van der Waals surface area contributed by atoms with Gasteiger partial charge in [0.25, 0.3) is 4.74 Å². The Balaban J connectivity index is 0.000000267. The van der Waals surface area contributed by atoms with Crippen LogP contribution in [-0.4, -0.2) is 26.3 Å². The van der Waals surface area contributed by atoms with Crippen molar-refractivity contribution in [2.45, 2.75) is 21.3 Å². The molecule has 0 amide bonds. The minimum Gasteiger partial charge on any atom is -0.485 e. The number of aromatic amines is 1. The van der Waals surface area contributed by atoms with E-state index >= 15 is 0 Å². The summed E-state index contributed by atoms with van der Waals surface area (Å²) in [6.45, 7) is 3.54. The zero-order chi connectivity index (χ0) is 11.3. The zero-order valence-electron chi connectivity index (χ0n) is 8.47. The normalized spacial score (nSPS) is 8.69. The van der Waals surface area contributed by atoms with Gasteiger partial charge >= 0.3 is 0 Å². The van der Waals surface area contributed by atoms with Crippen LogP contribution in [0.2, 0.25) is 0 Å². The van der Waals surface area contributed by atoms with Crippen molar-refractivity contribution in [3.05, 3.63) is 20.9 Å². The predicted molar refractivity (Wildman–Crippen MR) is 65.4 cm³/mol. The molecule has 0 fully saturated rings. The van der Waals surface area contributed by atoms with Gasteiger partial charge in [0, 0.05) is 23.1 Å². The SMILES string of the molecule is C.COc1snnc1C.Cc1n[nH]sc1=O. The average molecular weight is 262 g/mol. The summed E-state index contributed by atoms with van der Waals surface area (Å²) in [5, 5.41) is 8.12. The lowest BCUT2D eigenvalue weighted by Gasteiger charge is -1.88. The monoisotopic (exact) mass is 262 g/mol. The van der Waals surface area contributed by atoms with Crippen molar-refractivity contribution in [3.8, 4) is 5.06 Å². The number of rotatable bonds is 1. The lowest BCUT2D eigenvalue weighted by atomic mass is 10.6. The van der Waals surface area contributed by atoms with E-state index in [1.54, 1.807) is 14.0 Å². The van der Waals surface area contributed by atoms with Gasteiger partial charge < -0.3 is 4.74 Å². The molecule has 0 spiro atoms. The molecule has 0 aliphatic heterocycles. The lowest BCUT2D eigenvalue weighted by molar-refractivity contribution is 0.423. The fourth-order valence-electron chi connectivity index (χ4n) is 0.663. The van der Waals surface area contributed by atoms with E-state index in [-0.39, 0.29) is 12.2 Å². The van der Waals surface area contributed by atoms with Crippen LogP contribution in [-0.2, 0) is 0 Å². The summed E-state index contributed by atoms with van der Waals surface area (Å²) in [6.07, 6.45) is 0. The second kappa shape index (κ2) is 7.07. The van der Waals surface area contributed by atoms with Gasteiger partial charge in [0.2, 0.25) is 5.06 Å². The van der Waals surface area contributed by atoms with E-state index in [1.165, 1.54) is 11.5 Å². The summed E-state index contributed by atoms with van der Waals surface area (Å²) in [5.41, 5.74) is 1.41. The van der Waals surface area contributed by atoms with Crippen LogP contribution in [0.3, 0.4) is 0 Å². The maximum atomic E-state index is 10.3. The van der Waals surface area contributed by atoms with Crippen LogP contribution in [0.15, 0.2) is 4.79 Å². The zero-order valence-corrected chi connectivity index (χ0v) is 10.1. The first-order chi connectivity index (χ1) is 7.15. The van der Waals surface area contributed by atoms with Gasteiger partial charge in [0.1, 0.15) is 11.4 Å². The Morgan fingerprint density at radius 3 is 2.19 bits per heavy atom. The first-order valence-electron chi connectivity index (χ1n) is 3.98. The number of H-pyrrole nitrogens is 1. The third-order valence-electron chi connectivity index (χ3n) is 1.44. The summed E-state index contributed by atoms with van der Waals surface area (Å²) >= 11 is 2.28. The van der Waals surface area contributed by atoms with Crippen LogP contribution in [0, 0.1) is 13.8 Å². The molecule has 0 radical (unpaired) electrons. The molecule has 6 nitrogen and oxygen atoms in total. The average Bonchev–Trinajstić information content (AvgIpc) is 2.78. The maximum Gasteiger partial charge on any atom is 0.272 e. The number of hydrogen-bond donors (Lipinski definition) is 1. The van der Waals surface area contributed by atoms with E-state index in [4.69, 9.17) is 4.74 Å². The first-order valence-corrected chi connectivity index (χ1v) is 5.57. The fraction of sp³-hybridized carbons (Fsp3) is 0.500. The van der Waals surface area contributed by atoms with Crippen molar-refractivity contribution in [3.63, 3.8) is 0 Å². The van der Waals surface area contributed by atoms with Crippen LogP contribution in [0.25, 0.3) is 0 Å². The molecule has 90 valence electrons. The van der Waals surface area contributed by atoms with Gasteiger partial charge in [-0.25, -0.2) is 4.49 Å². The van der Waals surface area contributed by atoms with Gasteiger partial charge in [0.05, 0.1) is 7.11 Å². The molecule has 0 aliphatic carbocycles. The van der Waals surface area contributed by atoms with Gasteiger partial charge in [-0.1, -0.05) is 11.9 Å². The summed E-state index contributed by atoms with van der Waals surface area (Å²) in [7, 11) is 1.61. The molecule has 2 aromatic rings. The smallest absolute Gasteiger partial charge is 0.272 e. The Bertz CT molecular complexity index is 462. The van der Waals surface area contributed by atoms with Gasteiger partial charge in [-0.05, 0) is 13.8 Å². The Labute approximate surface area is 102 Å². The molecule has 16 heavy (non-hydrogen) atoms. The largest absolute Gasteiger partial charge is 0.485 e. The van der Waals surface area contributed by atoms with E-state index in [9.17, 15) is 4.79 Å². The van der Waals surface area contributed by atoms with E-state index in [2.05, 4.69) is 19.2 Å². The maximum absolute atomic E-state index is 10.3. The molecule has 0 unspecified atom stereocenters. The number of nitrogens with zero attached hydrogens (tertiary/aromatic N) is 3. The molecule has 8 heteroatoms. The summed E-state index contributed by atoms with van der Waals surface area (Å²) in [6, 6.07) is 0. The van der Waals surface area contributed by atoms with Gasteiger partial charge in [0.15, 0.2) is 0 Å². The molecule has 2 heterocycles. The van der Waals surface area contributed by atoms with E-state index < -0.39 is 0 Å². The van der Waals surface area contributed by atoms with E-state index in [0.29, 0.717) is 5.69 Å². The highest BCUT2D eigenvalue weighted by atomic mass is 32.1. The number of nitrogens with one attached hydrogen (secondary N) is 1. The van der Waals surface area contributed by atoms with Crippen molar-refractivity contribution in [2.75, 3.05) is 7.11 Å². The van der Waals surface area contributed by atoms with Gasteiger partial charge in [-0.3, -0.25) is 4.79 Å². The molecule has 0 saturated carbocycles. The molecular weight excluding hydrogens is 248 g/mol. The van der Waals surface area contributed by atoms with Crippen LogP contribution in [0.4, 0.5) is 0 Å². The van der Waals surface area contributed by atoms with E-state index in [0.717, 1.165) is 22.3 Å². The molecule has 1 N–H and O–H groups in total. The van der Waals surface area contributed by atoms with Crippen LogP contribution in [0.5, 0.6) is 5.06 Å². The van der Waals surface area contributed by atoms with Gasteiger partial charge in [-0.2, -0.15) is 5.10 Å². The Hall–Kier alpha value is -1.28. The van der Waals surface area contributed by atoms with Crippen LogP contribution in [0.1, 0.15) is 18.8 Å². The Morgan fingerprint density at radius 1 is 1.31 bits per heavy atom. The van der Waals surface area contributed by atoms with Crippen molar-refractivity contribution in [2.24, 2.45) is 0 Å². The second-order valence-corrected chi connectivity index (χ2v) is 4.00. The second-order valence-electron chi connectivity index (χ2n) is 2.53. The minimum absolute atomic E-state index is 0. The number of ether oxygens (including phenoxy) is 1. The van der Waals surface area contributed by atoms with Crippen molar-refractivity contribution in [1.82, 2.24) is 19.2 Å². The molecule has 2 aromatic heterocycles. The quantitative estimate of drug-likeness (QED) is 0.844. The molecule has 2 rings (SSSR count). The molecule has 0 atom stereocenters. The summed E-state index contributed by atoms with van der Waals surface area (Å²) < 4.78 is 11.0. The standard InChI is InChI=1S/C4H6N2OS.C3H4N2OS.CH4/c1-3-4(7-2)8-6-5-3;1-2-3(6)7-5-4-2;/h1-2H3;5H,1H3;1H4. The third kappa shape index (κ3) is 4.07. The van der Waals surface area contributed by atoms with Crippen LogP contribution >= 0.6 is 23.1 Å². The molecule has 0 aliphatic rings. The lowest BCUT2D eigenvalue weighted by Crippen LogP contribution is -1.91. The van der Waals surface area contributed by atoms with Crippen molar-refractivity contribution in [1.29, 1.82) is 0 Å². The summed E-state index contributed by atoms with van der Waals surface area (Å²) in [5.74, 6) is 0. The highest BCUT2D eigenvalue weighted by Crippen LogP contribution is 2.17. The highest BCUT2D eigenvalue weighted by Gasteiger charge is 1.98. The number of hydrogen-bond acceptors (Lipinski definition) is 7. The number of aromatic nitrogens is 4. The molecule has 0 saturated heterocycles. The topological polar surface area (TPSA) is 80.8 Å². The summed E-state index contributed by atoms with van der Waals surface area (Å²) in [4.78, 5) is 10.3. The Morgan fingerprint density at radius 2 is 2.00 bits per heavy atom. The molecular formula is C8H14N4O2S2. The van der Waals surface area contributed by atoms with E-state index in [1.807, 2.05) is 6.92 Å².